The molecule has 13 heavy (non-hydrogen) atoms. The van der Waals surface area contributed by atoms with E-state index < -0.39 is 5.97 Å². The SMILES string of the molecule is CC(Cc1ccccn1)C(=O)O.Cl. The van der Waals surface area contributed by atoms with Crippen LogP contribution in [0.1, 0.15) is 12.6 Å². The summed E-state index contributed by atoms with van der Waals surface area (Å²) >= 11 is 0. The molecule has 1 heterocycles. The number of aliphatic carboxylic acids is 1. The first-order valence-electron chi connectivity index (χ1n) is 3.83. The second kappa shape index (κ2) is 5.54. The number of pyridine rings is 1. The minimum absolute atomic E-state index is 0. The van der Waals surface area contributed by atoms with E-state index in [9.17, 15) is 4.79 Å². The van der Waals surface area contributed by atoms with E-state index in [0.29, 0.717) is 6.42 Å². The molecular formula is C9H12ClNO2. The second-order valence-electron chi connectivity index (χ2n) is 2.76. The zero-order valence-corrected chi connectivity index (χ0v) is 8.12. The fourth-order valence-electron chi connectivity index (χ4n) is 0.920. The molecule has 1 atom stereocenters. The second-order valence-corrected chi connectivity index (χ2v) is 2.76. The van der Waals surface area contributed by atoms with Crippen LogP contribution in [0.4, 0.5) is 0 Å². The molecule has 0 saturated heterocycles. The number of carboxylic acid groups (broad SMARTS) is 1. The van der Waals surface area contributed by atoms with Crippen molar-refractivity contribution in [2.75, 3.05) is 0 Å². The van der Waals surface area contributed by atoms with Crippen LogP contribution in [0.2, 0.25) is 0 Å². The van der Waals surface area contributed by atoms with Gasteiger partial charge in [0, 0.05) is 18.3 Å². The zero-order valence-electron chi connectivity index (χ0n) is 7.30. The van der Waals surface area contributed by atoms with Crippen LogP contribution in [-0.2, 0) is 11.2 Å². The molecule has 0 saturated carbocycles. The highest BCUT2D eigenvalue weighted by Gasteiger charge is 2.11. The van der Waals surface area contributed by atoms with Crippen LogP contribution in [0.25, 0.3) is 0 Å². The molecule has 0 radical (unpaired) electrons. The van der Waals surface area contributed by atoms with Crippen molar-refractivity contribution >= 4 is 18.4 Å². The zero-order chi connectivity index (χ0) is 8.97. The van der Waals surface area contributed by atoms with Crippen LogP contribution in [0.3, 0.4) is 0 Å². The summed E-state index contributed by atoms with van der Waals surface area (Å²) in [5.41, 5.74) is 0.826. The summed E-state index contributed by atoms with van der Waals surface area (Å²) in [5, 5.41) is 8.62. The van der Waals surface area contributed by atoms with Gasteiger partial charge < -0.3 is 5.11 Å². The van der Waals surface area contributed by atoms with Gasteiger partial charge in [-0.3, -0.25) is 9.78 Å². The maximum absolute atomic E-state index is 10.5. The maximum atomic E-state index is 10.5. The van der Waals surface area contributed by atoms with E-state index in [1.54, 1.807) is 13.1 Å². The van der Waals surface area contributed by atoms with E-state index in [0.717, 1.165) is 5.69 Å². The molecule has 1 aromatic heterocycles. The summed E-state index contributed by atoms with van der Waals surface area (Å²) in [6.07, 6.45) is 2.17. The van der Waals surface area contributed by atoms with Gasteiger partial charge in [-0.2, -0.15) is 0 Å². The lowest BCUT2D eigenvalue weighted by Gasteiger charge is -2.03. The Morgan fingerprint density at radius 2 is 2.31 bits per heavy atom. The van der Waals surface area contributed by atoms with Gasteiger partial charge in [-0.05, 0) is 12.1 Å². The Morgan fingerprint density at radius 3 is 2.77 bits per heavy atom. The molecule has 0 bridgehead atoms. The largest absolute Gasteiger partial charge is 0.481 e. The van der Waals surface area contributed by atoms with Crippen LogP contribution in [0.15, 0.2) is 24.4 Å². The van der Waals surface area contributed by atoms with Crippen LogP contribution in [-0.4, -0.2) is 16.1 Å². The van der Waals surface area contributed by atoms with Crippen LogP contribution < -0.4 is 0 Å². The van der Waals surface area contributed by atoms with Crippen LogP contribution in [0, 0.1) is 5.92 Å². The van der Waals surface area contributed by atoms with Gasteiger partial charge in [-0.25, -0.2) is 0 Å². The van der Waals surface area contributed by atoms with Crippen molar-refractivity contribution in [3.8, 4) is 0 Å². The minimum Gasteiger partial charge on any atom is -0.481 e. The number of aromatic nitrogens is 1. The van der Waals surface area contributed by atoms with Crippen molar-refractivity contribution in [2.24, 2.45) is 5.92 Å². The van der Waals surface area contributed by atoms with E-state index >= 15 is 0 Å². The number of hydrogen-bond acceptors (Lipinski definition) is 2. The maximum Gasteiger partial charge on any atom is 0.306 e. The van der Waals surface area contributed by atoms with E-state index in [2.05, 4.69) is 4.98 Å². The number of halogens is 1. The van der Waals surface area contributed by atoms with Crippen molar-refractivity contribution in [3.63, 3.8) is 0 Å². The highest BCUT2D eigenvalue weighted by atomic mass is 35.5. The van der Waals surface area contributed by atoms with Gasteiger partial charge in [-0.1, -0.05) is 13.0 Å². The molecule has 1 rings (SSSR count). The molecule has 3 nitrogen and oxygen atoms in total. The van der Waals surface area contributed by atoms with E-state index in [1.165, 1.54) is 0 Å². The fraction of sp³-hybridized carbons (Fsp3) is 0.333. The Morgan fingerprint density at radius 1 is 1.62 bits per heavy atom. The third-order valence-electron chi connectivity index (χ3n) is 1.66. The third-order valence-corrected chi connectivity index (χ3v) is 1.66. The number of carboxylic acids is 1. The fourth-order valence-corrected chi connectivity index (χ4v) is 0.920. The smallest absolute Gasteiger partial charge is 0.306 e. The predicted molar refractivity (Wildman–Crippen MR) is 52.0 cm³/mol. The Balaban J connectivity index is 0.00000144. The summed E-state index contributed by atoms with van der Waals surface area (Å²) in [6.45, 7) is 1.68. The van der Waals surface area contributed by atoms with Gasteiger partial charge in [0.1, 0.15) is 0 Å². The number of hydrogen-bond donors (Lipinski definition) is 1. The Labute approximate surface area is 83.2 Å². The molecule has 0 aromatic carbocycles. The van der Waals surface area contributed by atoms with E-state index in [4.69, 9.17) is 5.11 Å². The van der Waals surface area contributed by atoms with E-state index in [1.807, 2.05) is 18.2 Å². The summed E-state index contributed by atoms with van der Waals surface area (Å²) in [4.78, 5) is 14.5. The van der Waals surface area contributed by atoms with Gasteiger partial charge in [0.25, 0.3) is 0 Å². The first-order chi connectivity index (χ1) is 5.70. The average molecular weight is 202 g/mol. The van der Waals surface area contributed by atoms with Gasteiger partial charge in [-0.15, -0.1) is 12.4 Å². The van der Waals surface area contributed by atoms with Gasteiger partial charge in [0.2, 0.25) is 0 Å². The lowest BCUT2D eigenvalue weighted by molar-refractivity contribution is -0.141. The molecule has 1 unspecified atom stereocenters. The Bertz CT molecular complexity index is 264. The standard InChI is InChI=1S/C9H11NO2.ClH/c1-7(9(11)12)6-8-4-2-3-5-10-8;/h2-5,7H,6H2,1H3,(H,11,12);1H. The van der Waals surface area contributed by atoms with Crippen molar-refractivity contribution in [2.45, 2.75) is 13.3 Å². The summed E-state index contributed by atoms with van der Waals surface area (Å²) < 4.78 is 0. The normalized spacial score (nSPS) is 11.5. The predicted octanol–water partition coefficient (Wildman–Crippen LogP) is 1.77. The lowest BCUT2D eigenvalue weighted by atomic mass is 10.1. The van der Waals surface area contributed by atoms with Crippen molar-refractivity contribution in [1.29, 1.82) is 0 Å². The average Bonchev–Trinajstić information content (AvgIpc) is 2.06. The highest BCUT2D eigenvalue weighted by Crippen LogP contribution is 2.04. The molecule has 0 aliphatic carbocycles. The first-order valence-corrected chi connectivity index (χ1v) is 3.83. The monoisotopic (exact) mass is 201 g/mol. The number of carbonyl (C=O) groups is 1. The minimum atomic E-state index is -0.777. The van der Waals surface area contributed by atoms with Crippen LogP contribution >= 0.6 is 12.4 Å². The third kappa shape index (κ3) is 3.90. The molecule has 1 N–H and O–H groups in total. The van der Waals surface area contributed by atoms with Crippen molar-refractivity contribution < 1.29 is 9.90 Å². The quantitative estimate of drug-likeness (QED) is 0.811. The van der Waals surface area contributed by atoms with Crippen molar-refractivity contribution in [3.05, 3.63) is 30.1 Å². The van der Waals surface area contributed by atoms with Crippen LogP contribution in [0.5, 0.6) is 0 Å². The molecule has 4 heteroatoms. The van der Waals surface area contributed by atoms with Gasteiger partial charge in [0.15, 0.2) is 0 Å². The Kier molecular flexibility index (Phi) is 5.07. The van der Waals surface area contributed by atoms with Gasteiger partial charge in [0.05, 0.1) is 5.92 Å². The molecule has 0 amide bonds. The molecule has 0 aliphatic heterocycles. The first kappa shape index (κ1) is 11.9. The number of rotatable bonds is 3. The van der Waals surface area contributed by atoms with Crippen molar-refractivity contribution in [1.82, 2.24) is 4.98 Å². The molecule has 0 spiro atoms. The summed E-state index contributed by atoms with van der Waals surface area (Å²) in [7, 11) is 0. The molecule has 0 fully saturated rings. The van der Waals surface area contributed by atoms with E-state index in [-0.39, 0.29) is 18.3 Å². The Hall–Kier alpha value is -1.09. The topological polar surface area (TPSA) is 50.2 Å². The van der Waals surface area contributed by atoms with Gasteiger partial charge >= 0.3 is 5.97 Å². The highest BCUT2D eigenvalue weighted by molar-refractivity contribution is 5.85. The molecular weight excluding hydrogens is 190 g/mol. The molecule has 72 valence electrons. The number of nitrogens with zero attached hydrogens (tertiary/aromatic N) is 1. The lowest BCUT2D eigenvalue weighted by Crippen LogP contribution is -2.12. The summed E-state index contributed by atoms with van der Waals surface area (Å²) in [6, 6.07) is 5.51. The molecule has 0 aliphatic rings. The molecule has 1 aromatic rings. The summed E-state index contributed by atoms with van der Waals surface area (Å²) in [5.74, 6) is -1.14.